The maximum atomic E-state index is 5.54. The average molecular weight is 248 g/mol. The topological polar surface area (TPSA) is 24.4 Å². The number of hydrazone groups is 1. The van der Waals surface area contributed by atoms with Gasteiger partial charge in [-0.1, -0.05) is 27.5 Å². The van der Waals surface area contributed by atoms with Crippen LogP contribution in [0.1, 0.15) is 6.92 Å². The lowest BCUT2D eigenvalue weighted by Gasteiger charge is -1.99. The summed E-state index contributed by atoms with van der Waals surface area (Å²) in [7, 11) is 0. The summed E-state index contributed by atoms with van der Waals surface area (Å²) in [6, 6.07) is 7.68. The molecule has 0 aliphatic rings. The predicted octanol–water partition coefficient (Wildman–Crippen LogP) is 3.43. The molecule has 0 atom stereocenters. The second-order valence-electron chi connectivity index (χ2n) is 2.23. The molecule has 0 bridgehead atoms. The van der Waals surface area contributed by atoms with Crippen LogP contribution in [0.5, 0.6) is 0 Å². The van der Waals surface area contributed by atoms with Gasteiger partial charge < -0.3 is 0 Å². The van der Waals surface area contributed by atoms with Crippen LogP contribution in [0.25, 0.3) is 0 Å². The van der Waals surface area contributed by atoms with Crippen molar-refractivity contribution in [2.45, 2.75) is 6.92 Å². The van der Waals surface area contributed by atoms with E-state index in [9.17, 15) is 0 Å². The quantitative estimate of drug-likeness (QED) is 0.628. The van der Waals surface area contributed by atoms with E-state index in [1.807, 2.05) is 24.3 Å². The Bertz CT molecular complexity index is 278. The highest BCUT2D eigenvalue weighted by atomic mass is 79.9. The molecule has 0 aliphatic carbocycles. The van der Waals surface area contributed by atoms with Crippen LogP contribution in [-0.4, -0.2) is 5.17 Å². The molecule has 4 heteroatoms. The molecule has 0 aliphatic heterocycles. The van der Waals surface area contributed by atoms with E-state index in [-0.39, 0.29) is 0 Å². The maximum Gasteiger partial charge on any atom is 0.123 e. The van der Waals surface area contributed by atoms with Gasteiger partial charge in [0, 0.05) is 4.47 Å². The minimum atomic E-state index is 0.484. The van der Waals surface area contributed by atoms with Crippen molar-refractivity contribution in [1.29, 1.82) is 0 Å². The fraction of sp³-hybridized carbons (Fsp3) is 0.125. The molecule has 0 spiro atoms. The molecule has 12 heavy (non-hydrogen) atoms. The highest BCUT2D eigenvalue weighted by Crippen LogP contribution is 2.13. The molecular formula is C8H8BrClN2. The molecule has 0 saturated carbocycles. The fourth-order valence-corrected chi connectivity index (χ4v) is 0.973. The Morgan fingerprint density at radius 3 is 2.50 bits per heavy atom. The van der Waals surface area contributed by atoms with Crippen LogP contribution in [-0.2, 0) is 0 Å². The summed E-state index contributed by atoms with van der Waals surface area (Å²) in [4.78, 5) is 0. The van der Waals surface area contributed by atoms with E-state index < -0.39 is 0 Å². The molecular weight excluding hydrogens is 239 g/mol. The first-order chi connectivity index (χ1) is 5.68. The number of hydrogen-bond acceptors (Lipinski definition) is 2. The summed E-state index contributed by atoms with van der Waals surface area (Å²) in [6.45, 7) is 1.72. The van der Waals surface area contributed by atoms with Gasteiger partial charge in [-0.25, -0.2) is 0 Å². The minimum absolute atomic E-state index is 0.484. The highest BCUT2D eigenvalue weighted by Gasteiger charge is 1.89. The zero-order valence-corrected chi connectivity index (χ0v) is 8.85. The monoisotopic (exact) mass is 246 g/mol. The van der Waals surface area contributed by atoms with E-state index in [2.05, 4.69) is 26.5 Å². The van der Waals surface area contributed by atoms with E-state index in [0.717, 1.165) is 10.2 Å². The summed E-state index contributed by atoms with van der Waals surface area (Å²) >= 11 is 8.87. The van der Waals surface area contributed by atoms with Gasteiger partial charge in [-0.2, -0.15) is 5.10 Å². The average Bonchev–Trinajstić information content (AvgIpc) is 2.03. The largest absolute Gasteiger partial charge is 0.277 e. The highest BCUT2D eigenvalue weighted by molar-refractivity contribution is 9.10. The van der Waals surface area contributed by atoms with Gasteiger partial charge in [0.1, 0.15) is 5.17 Å². The molecule has 0 saturated heterocycles. The molecule has 2 nitrogen and oxygen atoms in total. The van der Waals surface area contributed by atoms with Gasteiger partial charge in [-0.3, -0.25) is 5.43 Å². The van der Waals surface area contributed by atoms with Gasteiger partial charge in [0.05, 0.1) is 5.69 Å². The van der Waals surface area contributed by atoms with Crippen LogP contribution in [0.3, 0.4) is 0 Å². The van der Waals surface area contributed by atoms with Gasteiger partial charge in [0.15, 0.2) is 0 Å². The third kappa shape index (κ3) is 3.24. The van der Waals surface area contributed by atoms with Crippen molar-refractivity contribution in [2.75, 3.05) is 5.43 Å². The Morgan fingerprint density at radius 1 is 1.42 bits per heavy atom. The number of anilines is 1. The zero-order chi connectivity index (χ0) is 8.97. The van der Waals surface area contributed by atoms with Crippen molar-refractivity contribution >= 4 is 38.4 Å². The first kappa shape index (κ1) is 9.55. The summed E-state index contributed by atoms with van der Waals surface area (Å²) in [5, 5.41) is 4.33. The van der Waals surface area contributed by atoms with Crippen LogP contribution in [0.15, 0.2) is 33.8 Å². The standard InChI is InChI=1S/C8H8BrClN2/c1-6(10)11-12-8-4-2-7(9)3-5-8/h2-5,12H,1H3/b11-6-. The Labute approximate surface area is 84.7 Å². The molecule has 1 aromatic carbocycles. The Balaban J connectivity index is 2.65. The SMILES string of the molecule is C/C(Cl)=N/Nc1ccc(Br)cc1. The van der Waals surface area contributed by atoms with Gasteiger partial charge in [-0.05, 0) is 31.2 Å². The van der Waals surface area contributed by atoms with Gasteiger partial charge >= 0.3 is 0 Å². The lowest BCUT2D eigenvalue weighted by molar-refractivity contribution is 1.34. The first-order valence-corrected chi connectivity index (χ1v) is 4.57. The lowest BCUT2D eigenvalue weighted by atomic mass is 10.3. The molecule has 1 aromatic rings. The number of nitrogens with one attached hydrogen (secondary N) is 1. The van der Waals surface area contributed by atoms with Crippen molar-refractivity contribution in [1.82, 2.24) is 0 Å². The minimum Gasteiger partial charge on any atom is -0.277 e. The molecule has 0 heterocycles. The smallest absolute Gasteiger partial charge is 0.123 e. The van der Waals surface area contributed by atoms with Crippen molar-refractivity contribution < 1.29 is 0 Å². The number of benzene rings is 1. The lowest BCUT2D eigenvalue weighted by Crippen LogP contribution is -1.90. The van der Waals surface area contributed by atoms with Crippen LogP contribution in [0, 0.1) is 0 Å². The number of rotatable bonds is 2. The molecule has 0 amide bonds. The van der Waals surface area contributed by atoms with Crippen LogP contribution >= 0.6 is 27.5 Å². The molecule has 0 radical (unpaired) electrons. The van der Waals surface area contributed by atoms with Crippen molar-refractivity contribution in [2.24, 2.45) is 5.10 Å². The second-order valence-corrected chi connectivity index (χ2v) is 3.69. The molecule has 0 aromatic heterocycles. The second kappa shape index (κ2) is 4.48. The molecule has 64 valence electrons. The van der Waals surface area contributed by atoms with Crippen molar-refractivity contribution in [3.8, 4) is 0 Å². The van der Waals surface area contributed by atoms with Crippen LogP contribution in [0.4, 0.5) is 5.69 Å². The van der Waals surface area contributed by atoms with E-state index in [1.165, 1.54) is 0 Å². The molecule has 0 unspecified atom stereocenters. The summed E-state index contributed by atoms with van der Waals surface area (Å²) < 4.78 is 1.04. The molecule has 1 rings (SSSR count). The van der Waals surface area contributed by atoms with E-state index >= 15 is 0 Å². The Hall–Kier alpha value is -0.540. The Morgan fingerprint density at radius 2 is 2.00 bits per heavy atom. The maximum absolute atomic E-state index is 5.54. The van der Waals surface area contributed by atoms with E-state index in [4.69, 9.17) is 11.6 Å². The third-order valence-electron chi connectivity index (χ3n) is 1.18. The molecule has 1 N–H and O–H groups in total. The molecule has 0 fully saturated rings. The predicted molar refractivity (Wildman–Crippen MR) is 56.7 cm³/mol. The van der Waals surface area contributed by atoms with Gasteiger partial charge in [-0.15, -0.1) is 0 Å². The number of nitrogens with zero attached hydrogens (tertiary/aromatic N) is 1. The first-order valence-electron chi connectivity index (χ1n) is 3.40. The number of halogens is 2. The van der Waals surface area contributed by atoms with Gasteiger partial charge in [0.2, 0.25) is 0 Å². The normalized spacial score (nSPS) is 11.4. The van der Waals surface area contributed by atoms with Crippen molar-refractivity contribution in [3.63, 3.8) is 0 Å². The van der Waals surface area contributed by atoms with Gasteiger partial charge in [0.25, 0.3) is 0 Å². The van der Waals surface area contributed by atoms with Crippen LogP contribution < -0.4 is 5.43 Å². The van der Waals surface area contributed by atoms with E-state index in [0.29, 0.717) is 5.17 Å². The summed E-state index contributed by atoms with van der Waals surface area (Å²) in [6.07, 6.45) is 0. The Kier molecular flexibility index (Phi) is 3.56. The number of hydrogen-bond donors (Lipinski definition) is 1. The van der Waals surface area contributed by atoms with Crippen LogP contribution in [0.2, 0.25) is 0 Å². The summed E-state index contributed by atoms with van der Waals surface area (Å²) in [5.74, 6) is 0. The summed E-state index contributed by atoms with van der Waals surface area (Å²) in [5.41, 5.74) is 3.72. The zero-order valence-electron chi connectivity index (χ0n) is 6.51. The fourth-order valence-electron chi connectivity index (χ4n) is 0.666. The third-order valence-corrected chi connectivity index (χ3v) is 1.80. The van der Waals surface area contributed by atoms with E-state index in [1.54, 1.807) is 6.92 Å². The van der Waals surface area contributed by atoms with Crippen molar-refractivity contribution in [3.05, 3.63) is 28.7 Å².